The van der Waals surface area contributed by atoms with Gasteiger partial charge in [-0.1, -0.05) is 24.8 Å². The van der Waals surface area contributed by atoms with Crippen molar-refractivity contribution >= 4 is 11.9 Å². The van der Waals surface area contributed by atoms with Gasteiger partial charge in [0.25, 0.3) is 0 Å². The molecule has 146 valence electrons. The lowest BCUT2D eigenvalue weighted by Gasteiger charge is -2.34. The quantitative estimate of drug-likeness (QED) is 0.373. The minimum Gasteiger partial charge on any atom is -0.458 e. The molecule has 0 aromatic rings. The van der Waals surface area contributed by atoms with E-state index in [1.54, 1.807) is 0 Å². The minimum atomic E-state index is -1.28. The Labute approximate surface area is 157 Å². The van der Waals surface area contributed by atoms with Gasteiger partial charge in [0.15, 0.2) is 0 Å². The van der Waals surface area contributed by atoms with Crippen LogP contribution >= 0.6 is 0 Å². The number of aliphatic hydroxyl groups is 3. The molecule has 0 aromatic heterocycles. The molecule has 0 aromatic carbocycles. The molecule has 0 spiro atoms. The first kappa shape index (κ1) is 19.5. The molecule has 3 rings (SSSR count). The number of esters is 2. The van der Waals surface area contributed by atoms with Gasteiger partial charge in [0.05, 0.1) is 36.2 Å². The third-order valence-corrected chi connectivity index (χ3v) is 5.82. The maximum Gasteiger partial charge on any atom is 0.336 e. The van der Waals surface area contributed by atoms with Gasteiger partial charge in [0.1, 0.15) is 12.2 Å². The van der Waals surface area contributed by atoms with Crippen LogP contribution in [0.1, 0.15) is 19.8 Å². The summed E-state index contributed by atoms with van der Waals surface area (Å²) in [5.41, 5.74) is 0.202. The average Bonchev–Trinajstić information content (AvgIpc) is 3.05. The Bertz CT molecular complexity index is 762. The second-order valence-electron chi connectivity index (χ2n) is 7.30. The lowest BCUT2D eigenvalue weighted by Crippen LogP contribution is -2.43. The highest BCUT2D eigenvalue weighted by atomic mass is 16.6. The van der Waals surface area contributed by atoms with Gasteiger partial charge in [-0.05, 0) is 25.0 Å². The topological polar surface area (TPSA) is 113 Å². The highest BCUT2D eigenvalue weighted by Crippen LogP contribution is 2.53. The fourth-order valence-corrected chi connectivity index (χ4v) is 4.36. The van der Waals surface area contributed by atoms with Gasteiger partial charge in [-0.25, -0.2) is 9.59 Å². The van der Waals surface area contributed by atoms with Gasteiger partial charge in [-0.2, -0.15) is 0 Å². The number of carbonyl (C=O) groups excluding carboxylic acids is 2. The zero-order valence-electron chi connectivity index (χ0n) is 15.2. The fraction of sp³-hybridized carbons (Fsp3) is 0.500. The van der Waals surface area contributed by atoms with E-state index in [-0.39, 0.29) is 17.6 Å². The van der Waals surface area contributed by atoms with E-state index in [0.29, 0.717) is 12.0 Å². The van der Waals surface area contributed by atoms with Gasteiger partial charge < -0.3 is 24.8 Å². The Morgan fingerprint density at radius 3 is 2.78 bits per heavy atom. The monoisotopic (exact) mass is 376 g/mol. The van der Waals surface area contributed by atoms with E-state index < -0.39 is 54.8 Å². The molecule has 5 atom stereocenters. The van der Waals surface area contributed by atoms with Crippen LogP contribution in [-0.2, 0) is 19.1 Å². The van der Waals surface area contributed by atoms with Gasteiger partial charge in [-0.15, -0.1) is 0 Å². The molecule has 2 fully saturated rings. The second kappa shape index (κ2) is 7.07. The summed E-state index contributed by atoms with van der Waals surface area (Å²) in [4.78, 5) is 24.6. The Morgan fingerprint density at radius 1 is 1.44 bits per heavy atom. The van der Waals surface area contributed by atoms with Gasteiger partial charge in [-0.3, -0.25) is 0 Å². The van der Waals surface area contributed by atoms with Crippen LogP contribution in [0.5, 0.6) is 0 Å². The van der Waals surface area contributed by atoms with Crippen molar-refractivity contribution in [3.63, 3.8) is 0 Å². The predicted molar refractivity (Wildman–Crippen MR) is 95.2 cm³/mol. The van der Waals surface area contributed by atoms with Gasteiger partial charge in [0, 0.05) is 12.0 Å². The Morgan fingerprint density at radius 2 is 2.15 bits per heavy atom. The summed E-state index contributed by atoms with van der Waals surface area (Å²) >= 11 is 0. The zero-order valence-corrected chi connectivity index (χ0v) is 15.2. The minimum absolute atomic E-state index is 0.0882. The summed E-state index contributed by atoms with van der Waals surface area (Å²) in [5, 5.41) is 29.5. The predicted octanol–water partition coefficient (Wildman–Crippen LogP) is 0.564. The lowest BCUT2D eigenvalue weighted by molar-refractivity contribution is -0.149. The number of hydrogen-bond acceptors (Lipinski definition) is 7. The van der Waals surface area contributed by atoms with E-state index in [4.69, 9.17) is 14.6 Å². The number of hydrogen-bond donors (Lipinski definition) is 3. The van der Waals surface area contributed by atoms with E-state index in [1.807, 2.05) is 13.0 Å². The summed E-state index contributed by atoms with van der Waals surface area (Å²) < 4.78 is 11.1. The van der Waals surface area contributed by atoms with Gasteiger partial charge in [0.2, 0.25) is 0 Å². The molecule has 27 heavy (non-hydrogen) atoms. The highest BCUT2D eigenvalue weighted by Gasteiger charge is 2.59. The Kier molecular flexibility index (Phi) is 5.12. The number of rotatable bonds is 4. The van der Waals surface area contributed by atoms with Crippen molar-refractivity contribution in [2.24, 2.45) is 11.8 Å². The Balaban J connectivity index is 1.98. The largest absolute Gasteiger partial charge is 0.458 e. The van der Waals surface area contributed by atoms with E-state index in [1.165, 1.54) is 0 Å². The first-order valence-corrected chi connectivity index (χ1v) is 8.83. The molecule has 1 heterocycles. The molecule has 0 amide bonds. The SMILES string of the molecule is C=C1C(=O)O[C@H]2[C@H]1[C@H](OC(=O)/C(=C/CO)CO)CC(=C)[C@]1(O)CC=C(C)[C@H]21. The molecule has 1 aliphatic heterocycles. The molecule has 7 nitrogen and oxygen atoms in total. The smallest absolute Gasteiger partial charge is 0.336 e. The van der Waals surface area contributed by atoms with Crippen LogP contribution in [0.25, 0.3) is 0 Å². The van der Waals surface area contributed by atoms with E-state index in [2.05, 4.69) is 13.2 Å². The van der Waals surface area contributed by atoms with Crippen LogP contribution in [0.15, 0.2) is 47.6 Å². The van der Waals surface area contributed by atoms with E-state index in [0.717, 1.165) is 11.6 Å². The standard InChI is InChI=1S/C20H24O7/c1-10-4-6-20(25)11(2)8-14(26-19(24)13(9-22)5-7-21)15-12(3)18(23)27-17(15)16(10)20/h4-5,14-17,21-22,25H,2-3,6-9H2,1H3/b13-5+/t14-,15-,16-,17+,20-/m1/s1. The molecule has 7 heteroatoms. The molecule has 1 saturated heterocycles. The molecule has 2 aliphatic carbocycles. The maximum atomic E-state index is 12.4. The van der Waals surface area contributed by atoms with Crippen molar-refractivity contribution in [3.8, 4) is 0 Å². The number of fused-ring (bicyclic) bond motifs is 3. The lowest BCUT2D eigenvalue weighted by atomic mass is 9.77. The molecule has 0 radical (unpaired) electrons. The van der Waals surface area contributed by atoms with Crippen molar-refractivity contribution in [3.05, 3.63) is 47.6 Å². The third kappa shape index (κ3) is 3.05. The zero-order chi connectivity index (χ0) is 19.9. The van der Waals surface area contributed by atoms with Crippen LogP contribution in [0.3, 0.4) is 0 Å². The maximum absolute atomic E-state index is 12.4. The summed E-state index contributed by atoms with van der Waals surface area (Å²) in [6, 6.07) is 0. The molecule has 0 unspecified atom stereocenters. The molecule has 0 bridgehead atoms. The summed E-state index contributed by atoms with van der Waals surface area (Å²) in [7, 11) is 0. The normalized spacial score (nSPS) is 35.9. The van der Waals surface area contributed by atoms with Crippen molar-refractivity contribution in [1.29, 1.82) is 0 Å². The van der Waals surface area contributed by atoms with Gasteiger partial charge >= 0.3 is 11.9 Å². The van der Waals surface area contributed by atoms with Crippen LogP contribution in [0.2, 0.25) is 0 Å². The molecular formula is C20H24O7. The van der Waals surface area contributed by atoms with Crippen LogP contribution in [0.4, 0.5) is 0 Å². The number of ether oxygens (including phenoxy) is 2. The van der Waals surface area contributed by atoms with Crippen LogP contribution < -0.4 is 0 Å². The highest BCUT2D eigenvalue weighted by molar-refractivity contribution is 5.92. The molecule has 3 aliphatic rings. The van der Waals surface area contributed by atoms with Crippen molar-refractivity contribution < 1.29 is 34.4 Å². The van der Waals surface area contributed by atoms with Crippen LogP contribution in [0, 0.1) is 11.8 Å². The van der Waals surface area contributed by atoms with Crippen molar-refractivity contribution in [1.82, 2.24) is 0 Å². The molecular weight excluding hydrogens is 352 g/mol. The molecule has 1 saturated carbocycles. The number of aliphatic hydroxyl groups excluding tert-OH is 2. The van der Waals surface area contributed by atoms with Crippen LogP contribution in [-0.4, -0.2) is 58.3 Å². The second-order valence-corrected chi connectivity index (χ2v) is 7.30. The van der Waals surface area contributed by atoms with Crippen molar-refractivity contribution in [2.75, 3.05) is 13.2 Å². The third-order valence-electron chi connectivity index (χ3n) is 5.82. The molecule has 3 N–H and O–H groups in total. The first-order chi connectivity index (χ1) is 12.7. The summed E-state index contributed by atoms with van der Waals surface area (Å²) in [6.45, 7) is 8.66. The van der Waals surface area contributed by atoms with E-state index >= 15 is 0 Å². The van der Waals surface area contributed by atoms with E-state index in [9.17, 15) is 19.8 Å². The fourth-order valence-electron chi connectivity index (χ4n) is 4.36. The first-order valence-electron chi connectivity index (χ1n) is 8.83. The van der Waals surface area contributed by atoms with Crippen molar-refractivity contribution in [2.45, 2.75) is 37.6 Å². The summed E-state index contributed by atoms with van der Waals surface area (Å²) in [5.74, 6) is -2.49. The Hall–Kier alpha value is -2.22. The number of carbonyl (C=O) groups is 2. The summed E-state index contributed by atoms with van der Waals surface area (Å²) in [6.07, 6.45) is 2.00. The average molecular weight is 376 g/mol.